The average molecular weight is 216 g/mol. The van der Waals surface area contributed by atoms with Crippen LogP contribution in [0.3, 0.4) is 0 Å². The van der Waals surface area contributed by atoms with Crippen molar-refractivity contribution in [3.63, 3.8) is 0 Å². The topological polar surface area (TPSA) is 58.6 Å². The van der Waals surface area contributed by atoms with Gasteiger partial charge in [-0.15, -0.1) is 0 Å². The molecule has 0 aromatic heterocycles. The van der Waals surface area contributed by atoms with E-state index < -0.39 is 0 Å². The molecule has 1 N–H and O–H groups in total. The van der Waals surface area contributed by atoms with Crippen LogP contribution in [-0.2, 0) is 9.53 Å². The zero-order chi connectivity index (χ0) is 9.97. The van der Waals surface area contributed by atoms with Gasteiger partial charge in [0.15, 0.2) is 0 Å². The highest BCUT2D eigenvalue weighted by molar-refractivity contribution is 8.14. The quantitative estimate of drug-likeness (QED) is 0.685. The summed E-state index contributed by atoms with van der Waals surface area (Å²) in [5.74, 6) is 0.174. The molecule has 2 heterocycles. The number of ether oxygens (including phenoxy) is 1. The first-order chi connectivity index (χ1) is 6.77. The highest BCUT2D eigenvalue weighted by Crippen LogP contribution is 2.19. The summed E-state index contributed by atoms with van der Waals surface area (Å²) in [7, 11) is 0. The fourth-order valence-electron chi connectivity index (χ4n) is 1.50. The standard InChI is InChI=1S/C8H12N2O3S/c11-7-5-14-8(12)10(7)4-6-3-9-1-2-13-6/h6,9H,1-5H2/t6-/m0/s1. The molecule has 5 nitrogen and oxygen atoms in total. The van der Waals surface area contributed by atoms with Gasteiger partial charge in [-0.3, -0.25) is 14.5 Å². The van der Waals surface area contributed by atoms with Crippen molar-refractivity contribution in [3.05, 3.63) is 0 Å². The number of hydrogen-bond donors (Lipinski definition) is 1. The summed E-state index contributed by atoms with van der Waals surface area (Å²) >= 11 is 1.06. The molecular weight excluding hydrogens is 204 g/mol. The van der Waals surface area contributed by atoms with Crippen molar-refractivity contribution in [3.8, 4) is 0 Å². The zero-order valence-electron chi connectivity index (χ0n) is 7.69. The number of carbonyl (C=O) groups excluding carboxylic acids is 2. The van der Waals surface area contributed by atoms with Gasteiger partial charge in [0, 0.05) is 13.1 Å². The van der Waals surface area contributed by atoms with Crippen molar-refractivity contribution in [2.45, 2.75) is 6.10 Å². The Bertz CT molecular complexity index is 237. The van der Waals surface area contributed by atoms with Crippen LogP contribution in [0.2, 0.25) is 0 Å². The van der Waals surface area contributed by atoms with E-state index in [9.17, 15) is 9.59 Å². The summed E-state index contributed by atoms with van der Waals surface area (Å²) in [5, 5.41) is 3.01. The van der Waals surface area contributed by atoms with E-state index in [1.54, 1.807) is 0 Å². The van der Waals surface area contributed by atoms with E-state index >= 15 is 0 Å². The van der Waals surface area contributed by atoms with Gasteiger partial charge in [0.2, 0.25) is 5.91 Å². The monoisotopic (exact) mass is 216 g/mol. The molecule has 0 aromatic carbocycles. The molecule has 2 rings (SSSR count). The summed E-state index contributed by atoms with van der Waals surface area (Å²) < 4.78 is 5.42. The molecule has 0 saturated carbocycles. The van der Waals surface area contributed by atoms with Crippen LogP contribution in [0.1, 0.15) is 0 Å². The van der Waals surface area contributed by atoms with E-state index in [0.717, 1.165) is 18.3 Å². The number of hydrogen-bond acceptors (Lipinski definition) is 5. The minimum Gasteiger partial charge on any atom is -0.374 e. The van der Waals surface area contributed by atoms with E-state index in [0.29, 0.717) is 19.7 Å². The molecule has 0 radical (unpaired) electrons. The molecule has 0 bridgehead atoms. The Morgan fingerprint density at radius 1 is 1.57 bits per heavy atom. The Kier molecular flexibility index (Phi) is 3.05. The molecule has 0 unspecified atom stereocenters. The fraction of sp³-hybridized carbons (Fsp3) is 0.750. The van der Waals surface area contributed by atoms with Gasteiger partial charge in [0.1, 0.15) is 0 Å². The van der Waals surface area contributed by atoms with Crippen LogP contribution in [0.25, 0.3) is 0 Å². The van der Waals surface area contributed by atoms with Crippen molar-refractivity contribution < 1.29 is 14.3 Å². The maximum absolute atomic E-state index is 11.3. The second kappa shape index (κ2) is 4.29. The molecule has 2 aliphatic rings. The number of nitrogens with zero attached hydrogens (tertiary/aromatic N) is 1. The normalized spacial score (nSPS) is 28.6. The molecule has 2 fully saturated rings. The van der Waals surface area contributed by atoms with E-state index in [-0.39, 0.29) is 23.0 Å². The van der Waals surface area contributed by atoms with Crippen LogP contribution in [0, 0.1) is 0 Å². The summed E-state index contributed by atoms with van der Waals surface area (Å²) in [6, 6.07) is 0. The second-order valence-electron chi connectivity index (χ2n) is 3.26. The highest BCUT2D eigenvalue weighted by atomic mass is 32.2. The first-order valence-electron chi connectivity index (χ1n) is 4.57. The number of amides is 2. The second-order valence-corrected chi connectivity index (χ2v) is 4.18. The van der Waals surface area contributed by atoms with E-state index in [1.165, 1.54) is 4.90 Å². The fourth-order valence-corrected chi connectivity index (χ4v) is 2.23. The summed E-state index contributed by atoms with van der Waals surface area (Å²) in [6.45, 7) is 2.58. The van der Waals surface area contributed by atoms with Crippen molar-refractivity contribution in [1.82, 2.24) is 10.2 Å². The summed E-state index contributed by atoms with van der Waals surface area (Å²) in [6.07, 6.45) is -0.0460. The lowest BCUT2D eigenvalue weighted by Crippen LogP contribution is -2.46. The largest absolute Gasteiger partial charge is 0.374 e. The maximum Gasteiger partial charge on any atom is 0.288 e. The molecule has 1 atom stereocenters. The molecule has 78 valence electrons. The number of nitrogens with one attached hydrogen (secondary N) is 1. The average Bonchev–Trinajstić information content (AvgIpc) is 2.51. The van der Waals surface area contributed by atoms with Crippen LogP contribution in [0.15, 0.2) is 0 Å². The minimum absolute atomic E-state index is 0.0460. The lowest BCUT2D eigenvalue weighted by atomic mass is 10.3. The highest BCUT2D eigenvalue weighted by Gasteiger charge is 2.32. The molecule has 2 amide bonds. The number of morpholine rings is 1. The van der Waals surface area contributed by atoms with E-state index in [4.69, 9.17) is 4.74 Å². The van der Waals surface area contributed by atoms with Gasteiger partial charge in [-0.05, 0) is 0 Å². The van der Waals surface area contributed by atoms with Crippen molar-refractivity contribution in [1.29, 1.82) is 0 Å². The predicted octanol–water partition coefficient (Wildman–Crippen LogP) is -0.330. The first-order valence-corrected chi connectivity index (χ1v) is 5.55. The lowest BCUT2D eigenvalue weighted by Gasteiger charge is -2.26. The van der Waals surface area contributed by atoms with Crippen molar-refractivity contribution in [2.75, 3.05) is 32.0 Å². The van der Waals surface area contributed by atoms with E-state index in [2.05, 4.69) is 5.32 Å². The van der Waals surface area contributed by atoms with E-state index in [1.807, 2.05) is 0 Å². The van der Waals surface area contributed by atoms with Crippen LogP contribution in [-0.4, -0.2) is 54.1 Å². The molecular formula is C8H12N2O3S. The molecule has 0 aromatic rings. The SMILES string of the molecule is O=C1CSC(=O)N1C[C@@H]1CNCCO1. The van der Waals surface area contributed by atoms with Crippen LogP contribution in [0.5, 0.6) is 0 Å². The Labute approximate surface area is 86.2 Å². The van der Waals surface area contributed by atoms with Gasteiger partial charge < -0.3 is 10.1 Å². The third-order valence-electron chi connectivity index (χ3n) is 2.23. The van der Waals surface area contributed by atoms with Crippen LogP contribution >= 0.6 is 11.8 Å². The molecule has 14 heavy (non-hydrogen) atoms. The first kappa shape index (κ1) is 9.95. The molecule has 0 aliphatic carbocycles. The van der Waals surface area contributed by atoms with Crippen LogP contribution < -0.4 is 5.32 Å². The molecule has 2 saturated heterocycles. The minimum atomic E-state index is -0.149. The van der Waals surface area contributed by atoms with Gasteiger partial charge in [-0.1, -0.05) is 11.8 Å². The molecule has 2 aliphatic heterocycles. The third-order valence-corrected chi connectivity index (χ3v) is 3.09. The van der Waals surface area contributed by atoms with Gasteiger partial charge in [0.25, 0.3) is 5.24 Å². The van der Waals surface area contributed by atoms with Gasteiger partial charge >= 0.3 is 0 Å². The zero-order valence-corrected chi connectivity index (χ0v) is 8.51. The smallest absolute Gasteiger partial charge is 0.288 e. The van der Waals surface area contributed by atoms with Crippen molar-refractivity contribution >= 4 is 22.9 Å². The molecule has 6 heteroatoms. The number of thioether (sulfide) groups is 1. The Morgan fingerprint density at radius 3 is 3.00 bits per heavy atom. The lowest BCUT2D eigenvalue weighted by molar-refractivity contribution is -0.126. The summed E-state index contributed by atoms with van der Waals surface area (Å²) in [4.78, 5) is 23.8. The Hall–Kier alpha value is -0.590. The van der Waals surface area contributed by atoms with Gasteiger partial charge in [-0.2, -0.15) is 0 Å². The maximum atomic E-state index is 11.3. The number of imide groups is 1. The van der Waals surface area contributed by atoms with Crippen molar-refractivity contribution in [2.24, 2.45) is 0 Å². The van der Waals surface area contributed by atoms with Gasteiger partial charge in [0.05, 0.1) is 25.0 Å². The van der Waals surface area contributed by atoms with Gasteiger partial charge in [-0.25, -0.2) is 0 Å². The third kappa shape index (κ3) is 2.08. The number of carbonyl (C=O) groups is 2. The summed E-state index contributed by atoms with van der Waals surface area (Å²) in [5.41, 5.74) is 0. The number of rotatable bonds is 2. The molecule has 0 spiro atoms. The Balaban J connectivity index is 1.89. The predicted molar refractivity (Wildman–Crippen MR) is 52.2 cm³/mol. The Morgan fingerprint density at radius 2 is 2.43 bits per heavy atom. The van der Waals surface area contributed by atoms with Crippen LogP contribution in [0.4, 0.5) is 4.79 Å².